The van der Waals surface area contributed by atoms with Gasteiger partial charge in [0.2, 0.25) is 0 Å². The standard InChI is InChI=1S/C19H32O2.C4H6O2/c1-4-15(16-8-6-7-9-16)13-18(19(20)21-5-2)17-11-10-14(3)12-17;1-3(2)4(5)6/h13-17H,4-12H2,1-3H3;1H2,2H3,(H,5,6). The molecule has 2 saturated carbocycles. The second kappa shape index (κ2) is 12.0. The van der Waals surface area contributed by atoms with Crippen LogP contribution >= 0.6 is 0 Å². The number of carbonyl (C=O) groups excluding carboxylic acids is 1. The van der Waals surface area contributed by atoms with Crippen LogP contribution in [0.25, 0.3) is 0 Å². The molecule has 27 heavy (non-hydrogen) atoms. The number of hydrogen-bond acceptors (Lipinski definition) is 3. The first kappa shape index (κ1) is 23.5. The summed E-state index contributed by atoms with van der Waals surface area (Å²) in [6.45, 7) is 11.6. The Morgan fingerprint density at radius 2 is 1.78 bits per heavy atom. The van der Waals surface area contributed by atoms with Crippen molar-refractivity contribution in [1.82, 2.24) is 0 Å². The zero-order valence-corrected chi connectivity index (χ0v) is 17.6. The maximum atomic E-state index is 12.4. The minimum absolute atomic E-state index is 0.0481. The van der Waals surface area contributed by atoms with Crippen molar-refractivity contribution in [2.75, 3.05) is 6.61 Å². The molecule has 0 aliphatic heterocycles. The van der Waals surface area contributed by atoms with Crippen LogP contribution in [0.5, 0.6) is 0 Å². The number of carboxylic acid groups (broad SMARTS) is 1. The number of aliphatic carboxylic acids is 1. The number of allylic oxidation sites excluding steroid dienone is 1. The maximum Gasteiger partial charge on any atom is 0.333 e. The Balaban J connectivity index is 0.000000527. The normalized spacial score (nSPS) is 24.1. The molecule has 0 spiro atoms. The minimum Gasteiger partial charge on any atom is -0.478 e. The number of carbonyl (C=O) groups is 2. The molecule has 0 aromatic rings. The van der Waals surface area contributed by atoms with Crippen molar-refractivity contribution in [3.05, 3.63) is 23.8 Å². The van der Waals surface area contributed by atoms with E-state index in [0.29, 0.717) is 18.4 Å². The van der Waals surface area contributed by atoms with Crippen LogP contribution in [0.15, 0.2) is 23.8 Å². The smallest absolute Gasteiger partial charge is 0.333 e. The summed E-state index contributed by atoms with van der Waals surface area (Å²) in [6.07, 6.45) is 12.4. The number of carboxylic acids is 1. The highest BCUT2D eigenvalue weighted by Gasteiger charge is 2.31. The number of ether oxygens (including phenoxy) is 1. The van der Waals surface area contributed by atoms with Gasteiger partial charge in [-0.05, 0) is 69.6 Å². The first-order valence-corrected chi connectivity index (χ1v) is 10.6. The Hall–Kier alpha value is -1.58. The van der Waals surface area contributed by atoms with Crippen molar-refractivity contribution in [2.45, 2.75) is 79.1 Å². The summed E-state index contributed by atoms with van der Waals surface area (Å²) in [5, 5.41) is 7.89. The van der Waals surface area contributed by atoms with Gasteiger partial charge in [-0.1, -0.05) is 45.8 Å². The molecule has 2 fully saturated rings. The fourth-order valence-corrected chi connectivity index (χ4v) is 4.28. The predicted molar refractivity (Wildman–Crippen MR) is 109 cm³/mol. The number of hydrogen-bond donors (Lipinski definition) is 1. The summed E-state index contributed by atoms with van der Waals surface area (Å²) in [5.74, 6) is 1.57. The molecular weight excluding hydrogens is 340 g/mol. The van der Waals surface area contributed by atoms with Crippen LogP contribution in [-0.4, -0.2) is 23.7 Å². The van der Waals surface area contributed by atoms with Crippen molar-refractivity contribution in [3.8, 4) is 0 Å². The zero-order chi connectivity index (χ0) is 20.4. The van der Waals surface area contributed by atoms with Gasteiger partial charge in [-0.3, -0.25) is 0 Å². The number of esters is 1. The third-order valence-electron chi connectivity index (χ3n) is 5.88. The van der Waals surface area contributed by atoms with Gasteiger partial charge in [-0.25, -0.2) is 9.59 Å². The molecule has 0 saturated heterocycles. The monoisotopic (exact) mass is 378 g/mol. The van der Waals surface area contributed by atoms with Gasteiger partial charge in [0.05, 0.1) is 6.61 Å². The van der Waals surface area contributed by atoms with E-state index in [1.165, 1.54) is 39.0 Å². The fourth-order valence-electron chi connectivity index (χ4n) is 4.28. The van der Waals surface area contributed by atoms with E-state index < -0.39 is 5.97 Å². The molecule has 2 rings (SSSR count). The summed E-state index contributed by atoms with van der Waals surface area (Å²) in [7, 11) is 0. The molecule has 0 amide bonds. The molecule has 4 heteroatoms. The van der Waals surface area contributed by atoms with E-state index in [0.717, 1.165) is 36.7 Å². The second-order valence-electron chi connectivity index (χ2n) is 8.16. The molecule has 0 bridgehead atoms. The molecule has 0 heterocycles. The highest BCUT2D eigenvalue weighted by atomic mass is 16.5. The average Bonchev–Trinajstić information content (AvgIpc) is 3.28. The first-order chi connectivity index (χ1) is 12.8. The van der Waals surface area contributed by atoms with E-state index in [9.17, 15) is 9.59 Å². The van der Waals surface area contributed by atoms with E-state index in [1.54, 1.807) is 0 Å². The molecule has 0 radical (unpaired) electrons. The van der Waals surface area contributed by atoms with Gasteiger partial charge in [-0.15, -0.1) is 0 Å². The predicted octanol–water partition coefficient (Wildman–Crippen LogP) is 5.78. The van der Waals surface area contributed by atoms with Gasteiger partial charge >= 0.3 is 11.9 Å². The van der Waals surface area contributed by atoms with Gasteiger partial charge in [0, 0.05) is 11.1 Å². The molecular formula is C23H38O4. The van der Waals surface area contributed by atoms with Crippen LogP contribution in [0.1, 0.15) is 79.1 Å². The Morgan fingerprint density at radius 1 is 1.19 bits per heavy atom. The molecule has 2 aliphatic carbocycles. The van der Waals surface area contributed by atoms with Gasteiger partial charge in [0.25, 0.3) is 0 Å². The molecule has 3 atom stereocenters. The lowest BCUT2D eigenvalue weighted by atomic mass is 9.84. The summed E-state index contributed by atoms with van der Waals surface area (Å²) in [6, 6.07) is 0. The van der Waals surface area contributed by atoms with E-state index in [4.69, 9.17) is 9.84 Å². The van der Waals surface area contributed by atoms with E-state index in [-0.39, 0.29) is 11.5 Å². The Morgan fingerprint density at radius 3 is 2.19 bits per heavy atom. The Labute approximate surface area is 165 Å². The molecule has 1 N–H and O–H groups in total. The highest BCUT2D eigenvalue weighted by molar-refractivity contribution is 5.89. The average molecular weight is 379 g/mol. The lowest BCUT2D eigenvalue weighted by molar-refractivity contribution is -0.139. The van der Waals surface area contributed by atoms with E-state index in [2.05, 4.69) is 26.5 Å². The third-order valence-corrected chi connectivity index (χ3v) is 5.88. The van der Waals surface area contributed by atoms with E-state index >= 15 is 0 Å². The molecule has 3 unspecified atom stereocenters. The first-order valence-electron chi connectivity index (χ1n) is 10.6. The maximum absolute atomic E-state index is 12.4. The van der Waals surface area contributed by atoms with Gasteiger partial charge < -0.3 is 9.84 Å². The molecule has 2 aliphatic rings. The lowest BCUT2D eigenvalue weighted by Gasteiger charge is -2.22. The van der Waals surface area contributed by atoms with Gasteiger partial charge in [0.15, 0.2) is 0 Å². The molecule has 0 aromatic heterocycles. The minimum atomic E-state index is -0.935. The zero-order valence-electron chi connectivity index (χ0n) is 17.6. The number of rotatable bonds is 7. The lowest BCUT2D eigenvalue weighted by Crippen LogP contribution is -2.18. The summed E-state index contributed by atoms with van der Waals surface area (Å²) >= 11 is 0. The topological polar surface area (TPSA) is 63.6 Å². The largest absolute Gasteiger partial charge is 0.478 e. The van der Waals surface area contributed by atoms with Crippen molar-refractivity contribution in [2.24, 2.45) is 23.7 Å². The summed E-state index contributed by atoms with van der Waals surface area (Å²) in [5.41, 5.74) is 1.18. The molecule has 0 aromatic carbocycles. The van der Waals surface area contributed by atoms with Crippen molar-refractivity contribution in [1.29, 1.82) is 0 Å². The van der Waals surface area contributed by atoms with Crippen LogP contribution in [0, 0.1) is 23.7 Å². The van der Waals surface area contributed by atoms with Crippen LogP contribution < -0.4 is 0 Å². The van der Waals surface area contributed by atoms with Crippen molar-refractivity contribution < 1.29 is 19.4 Å². The van der Waals surface area contributed by atoms with Crippen molar-refractivity contribution >= 4 is 11.9 Å². The Kier molecular flexibility index (Phi) is 10.4. The van der Waals surface area contributed by atoms with Gasteiger partial charge in [0.1, 0.15) is 0 Å². The van der Waals surface area contributed by atoms with Crippen LogP contribution in [0.3, 0.4) is 0 Å². The van der Waals surface area contributed by atoms with Gasteiger partial charge in [-0.2, -0.15) is 0 Å². The van der Waals surface area contributed by atoms with Crippen LogP contribution in [-0.2, 0) is 14.3 Å². The molecule has 154 valence electrons. The molecule has 4 nitrogen and oxygen atoms in total. The quantitative estimate of drug-likeness (QED) is 0.451. The summed E-state index contributed by atoms with van der Waals surface area (Å²) in [4.78, 5) is 22.0. The fraction of sp³-hybridized carbons (Fsp3) is 0.739. The third kappa shape index (κ3) is 7.90. The summed E-state index contributed by atoms with van der Waals surface area (Å²) < 4.78 is 5.35. The van der Waals surface area contributed by atoms with Crippen LogP contribution in [0.2, 0.25) is 0 Å². The van der Waals surface area contributed by atoms with Crippen molar-refractivity contribution in [3.63, 3.8) is 0 Å². The van der Waals surface area contributed by atoms with E-state index in [1.807, 2.05) is 6.92 Å². The highest BCUT2D eigenvalue weighted by Crippen LogP contribution is 2.39. The Bertz CT molecular complexity index is 516. The second-order valence-corrected chi connectivity index (χ2v) is 8.16. The SMILES string of the molecule is C=C(C)C(=O)O.CCOC(=O)C(=CC(CC)C1CCCC1)C1CCC(C)C1. The van der Waals surface area contributed by atoms with Crippen LogP contribution in [0.4, 0.5) is 0 Å².